The number of hydrogen-bond donors (Lipinski definition) is 1. The summed E-state index contributed by atoms with van der Waals surface area (Å²) in [5.41, 5.74) is -1.01. The minimum absolute atomic E-state index is 0.0674. The maximum atomic E-state index is 12.8. The van der Waals surface area contributed by atoms with E-state index in [1.165, 1.54) is 6.07 Å². The molecule has 1 N–H and O–H groups in total. The van der Waals surface area contributed by atoms with Gasteiger partial charge in [0.25, 0.3) is 0 Å². The third kappa shape index (κ3) is 7.61. The lowest BCUT2D eigenvalue weighted by molar-refractivity contribution is -0.137. The van der Waals surface area contributed by atoms with Crippen LogP contribution in [0, 0.1) is 0 Å². The van der Waals surface area contributed by atoms with Crippen molar-refractivity contribution in [3.05, 3.63) is 29.8 Å². The fourth-order valence-corrected chi connectivity index (χ4v) is 3.20. The SMILES string of the molecule is COCCCNC(=O)CCCN(c1cccc(C(F)(F)F)c1)S(C)(=O)=O. The highest BCUT2D eigenvalue weighted by molar-refractivity contribution is 7.92. The van der Waals surface area contributed by atoms with Gasteiger partial charge in [0.05, 0.1) is 17.5 Å². The van der Waals surface area contributed by atoms with Crippen molar-refractivity contribution in [1.29, 1.82) is 0 Å². The van der Waals surface area contributed by atoms with Crippen molar-refractivity contribution in [2.75, 3.05) is 37.4 Å². The molecule has 10 heteroatoms. The number of carbonyl (C=O) groups excluding carboxylic acids is 1. The average molecular weight is 396 g/mol. The Kier molecular flexibility index (Phi) is 8.35. The largest absolute Gasteiger partial charge is 0.416 e. The Morgan fingerprint density at radius 1 is 1.27 bits per heavy atom. The van der Waals surface area contributed by atoms with Crippen LogP contribution < -0.4 is 9.62 Å². The van der Waals surface area contributed by atoms with Gasteiger partial charge in [-0.2, -0.15) is 13.2 Å². The second-order valence-electron chi connectivity index (χ2n) is 5.68. The predicted octanol–water partition coefficient (Wildman–Crippen LogP) is 2.40. The highest BCUT2D eigenvalue weighted by atomic mass is 32.2. The highest BCUT2D eigenvalue weighted by Crippen LogP contribution is 2.32. The van der Waals surface area contributed by atoms with Crippen LogP contribution in [0.1, 0.15) is 24.8 Å². The van der Waals surface area contributed by atoms with E-state index in [0.29, 0.717) is 19.6 Å². The fourth-order valence-electron chi connectivity index (χ4n) is 2.24. The van der Waals surface area contributed by atoms with Crippen molar-refractivity contribution < 1.29 is 31.1 Å². The minimum Gasteiger partial charge on any atom is -0.385 e. The molecular weight excluding hydrogens is 373 g/mol. The van der Waals surface area contributed by atoms with Gasteiger partial charge < -0.3 is 10.1 Å². The molecule has 0 aliphatic carbocycles. The number of sulfonamides is 1. The van der Waals surface area contributed by atoms with Gasteiger partial charge >= 0.3 is 6.18 Å². The molecule has 0 saturated carbocycles. The van der Waals surface area contributed by atoms with E-state index in [4.69, 9.17) is 4.74 Å². The number of carbonyl (C=O) groups is 1. The zero-order valence-electron chi connectivity index (χ0n) is 14.7. The van der Waals surface area contributed by atoms with E-state index in [0.717, 1.165) is 28.8 Å². The lowest BCUT2D eigenvalue weighted by atomic mass is 10.2. The molecule has 26 heavy (non-hydrogen) atoms. The molecule has 0 aromatic heterocycles. The third-order valence-corrected chi connectivity index (χ3v) is 4.67. The summed E-state index contributed by atoms with van der Waals surface area (Å²) in [5.74, 6) is -0.251. The Hall–Kier alpha value is -1.81. The van der Waals surface area contributed by atoms with Crippen molar-refractivity contribution in [2.24, 2.45) is 0 Å². The molecule has 0 unspecified atom stereocenters. The minimum atomic E-state index is -4.57. The number of ether oxygens (including phenoxy) is 1. The monoisotopic (exact) mass is 396 g/mol. The first-order valence-corrected chi connectivity index (χ1v) is 9.81. The van der Waals surface area contributed by atoms with Crippen molar-refractivity contribution in [2.45, 2.75) is 25.4 Å². The van der Waals surface area contributed by atoms with Crippen LogP contribution in [0.3, 0.4) is 0 Å². The van der Waals surface area contributed by atoms with Crippen LogP contribution in [0.2, 0.25) is 0 Å². The standard InChI is InChI=1S/C16H23F3N2O4S/c1-25-11-5-9-20-15(22)8-4-10-21(26(2,23)24)14-7-3-6-13(12-14)16(17,18)19/h3,6-7,12H,4-5,8-11H2,1-2H3,(H,20,22). The molecule has 6 nitrogen and oxygen atoms in total. The normalized spacial score (nSPS) is 12.0. The molecule has 0 saturated heterocycles. The van der Waals surface area contributed by atoms with Gasteiger partial charge in [0, 0.05) is 33.2 Å². The summed E-state index contributed by atoms with van der Waals surface area (Å²) >= 11 is 0. The molecule has 1 amide bonds. The molecule has 1 rings (SSSR count). The Morgan fingerprint density at radius 2 is 1.96 bits per heavy atom. The van der Waals surface area contributed by atoms with Crippen molar-refractivity contribution >= 4 is 21.6 Å². The number of nitrogens with one attached hydrogen (secondary N) is 1. The maximum absolute atomic E-state index is 12.8. The number of alkyl halides is 3. The van der Waals surface area contributed by atoms with Gasteiger partial charge in [0.1, 0.15) is 0 Å². The average Bonchev–Trinajstić information content (AvgIpc) is 2.54. The number of benzene rings is 1. The van der Waals surface area contributed by atoms with Crippen molar-refractivity contribution in [3.8, 4) is 0 Å². The van der Waals surface area contributed by atoms with Crippen LogP contribution in [0.5, 0.6) is 0 Å². The topological polar surface area (TPSA) is 75.7 Å². The van der Waals surface area contributed by atoms with Crippen molar-refractivity contribution in [1.82, 2.24) is 5.32 Å². The number of rotatable bonds is 10. The summed E-state index contributed by atoms with van der Waals surface area (Å²) in [6.07, 6.45) is -2.75. The summed E-state index contributed by atoms with van der Waals surface area (Å²) in [5, 5.41) is 2.66. The van der Waals surface area contributed by atoms with E-state index in [1.54, 1.807) is 7.11 Å². The fraction of sp³-hybridized carbons (Fsp3) is 0.562. The van der Waals surface area contributed by atoms with E-state index in [9.17, 15) is 26.4 Å². The molecule has 0 bridgehead atoms. The first kappa shape index (κ1) is 22.2. The summed E-state index contributed by atoms with van der Waals surface area (Å²) in [7, 11) is -2.23. The summed E-state index contributed by atoms with van der Waals surface area (Å²) in [6, 6.07) is 4.10. The van der Waals surface area contributed by atoms with E-state index >= 15 is 0 Å². The van der Waals surface area contributed by atoms with Gasteiger partial charge in [0.15, 0.2) is 0 Å². The zero-order valence-corrected chi connectivity index (χ0v) is 15.5. The molecule has 1 aromatic carbocycles. The van der Waals surface area contributed by atoms with Gasteiger partial charge in [-0.1, -0.05) is 6.07 Å². The molecule has 0 radical (unpaired) electrons. The molecule has 0 aliphatic heterocycles. The quantitative estimate of drug-likeness (QED) is 0.617. The first-order chi connectivity index (χ1) is 12.1. The predicted molar refractivity (Wildman–Crippen MR) is 92.4 cm³/mol. The van der Waals surface area contributed by atoms with Crippen LogP contribution in [-0.4, -0.2) is 47.4 Å². The molecule has 0 aliphatic rings. The second kappa shape index (κ2) is 9.77. The molecule has 0 fully saturated rings. The molecule has 0 spiro atoms. The number of anilines is 1. The van der Waals surface area contributed by atoms with Crippen LogP contribution in [0.4, 0.5) is 18.9 Å². The lowest BCUT2D eigenvalue weighted by Gasteiger charge is -2.23. The van der Waals surface area contributed by atoms with E-state index in [2.05, 4.69) is 5.32 Å². The van der Waals surface area contributed by atoms with Gasteiger partial charge in [-0.15, -0.1) is 0 Å². The first-order valence-electron chi connectivity index (χ1n) is 7.96. The number of methoxy groups -OCH3 is 1. The second-order valence-corrected chi connectivity index (χ2v) is 7.59. The van der Waals surface area contributed by atoms with Gasteiger partial charge in [-0.05, 0) is 31.0 Å². The van der Waals surface area contributed by atoms with E-state index < -0.39 is 21.8 Å². The lowest BCUT2D eigenvalue weighted by Crippen LogP contribution is -2.32. The van der Waals surface area contributed by atoms with Crippen LogP contribution in [0.15, 0.2) is 24.3 Å². The smallest absolute Gasteiger partial charge is 0.385 e. The van der Waals surface area contributed by atoms with Crippen molar-refractivity contribution in [3.63, 3.8) is 0 Å². The van der Waals surface area contributed by atoms with Crippen LogP contribution in [0.25, 0.3) is 0 Å². The van der Waals surface area contributed by atoms with E-state index in [-0.39, 0.29) is 31.0 Å². The Bertz CT molecular complexity index is 693. The van der Waals surface area contributed by atoms with Gasteiger partial charge in [-0.25, -0.2) is 8.42 Å². The highest BCUT2D eigenvalue weighted by Gasteiger charge is 2.31. The molecule has 1 aromatic rings. The molecule has 0 atom stereocenters. The number of hydrogen-bond acceptors (Lipinski definition) is 4. The Balaban J connectivity index is 2.71. The Morgan fingerprint density at radius 3 is 2.54 bits per heavy atom. The molecule has 148 valence electrons. The summed E-state index contributed by atoms with van der Waals surface area (Å²) in [6.45, 7) is 0.861. The van der Waals surface area contributed by atoms with Crippen LogP contribution >= 0.6 is 0 Å². The Labute approximate surface area is 151 Å². The van der Waals surface area contributed by atoms with Gasteiger partial charge in [-0.3, -0.25) is 9.10 Å². The summed E-state index contributed by atoms with van der Waals surface area (Å²) in [4.78, 5) is 11.7. The molecular formula is C16H23F3N2O4S. The third-order valence-electron chi connectivity index (χ3n) is 3.47. The van der Waals surface area contributed by atoms with Gasteiger partial charge in [0.2, 0.25) is 15.9 Å². The molecule has 0 heterocycles. The number of amides is 1. The maximum Gasteiger partial charge on any atom is 0.416 e. The van der Waals surface area contributed by atoms with E-state index in [1.807, 2.05) is 0 Å². The summed E-state index contributed by atoms with van der Waals surface area (Å²) < 4.78 is 68.1. The van der Waals surface area contributed by atoms with Crippen LogP contribution in [-0.2, 0) is 25.7 Å². The number of nitrogens with zero attached hydrogens (tertiary/aromatic N) is 1. The number of halogens is 3. The zero-order chi connectivity index (χ0) is 19.8.